The highest BCUT2D eigenvalue weighted by molar-refractivity contribution is 5.77. The molecular weight excluding hydrogens is 288 g/mol. The van der Waals surface area contributed by atoms with Crippen molar-refractivity contribution in [2.75, 3.05) is 0 Å². The first-order chi connectivity index (χ1) is 11.1. The molecular formula is C18H22N4O. The number of imidazole rings is 1. The molecule has 0 bridgehead atoms. The summed E-state index contributed by atoms with van der Waals surface area (Å²) in [5.74, 6) is 1.49. The standard InChI is InChI=1S/C18H22N4O/c1-13(2)17-19-7-10-21(17)8-4-9-22-12-20-16-11-14(3)5-6-15(16)18(22)23/h5-7,10-13H,4,8-9H2,1-3H3. The van der Waals surface area contributed by atoms with Gasteiger partial charge in [-0.1, -0.05) is 19.9 Å². The highest BCUT2D eigenvalue weighted by Crippen LogP contribution is 2.12. The molecule has 23 heavy (non-hydrogen) atoms. The van der Waals surface area contributed by atoms with E-state index in [1.165, 1.54) is 0 Å². The minimum atomic E-state index is 0.0321. The second-order valence-electron chi connectivity index (χ2n) is 6.25. The molecule has 3 rings (SSSR count). The fourth-order valence-electron chi connectivity index (χ4n) is 2.85. The van der Waals surface area contributed by atoms with Crippen molar-refractivity contribution in [2.24, 2.45) is 0 Å². The maximum atomic E-state index is 12.5. The topological polar surface area (TPSA) is 52.7 Å². The Morgan fingerprint density at radius 3 is 2.70 bits per heavy atom. The van der Waals surface area contributed by atoms with Gasteiger partial charge in [-0.15, -0.1) is 0 Å². The van der Waals surface area contributed by atoms with Crippen molar-refractivity contribution in [1.82, 2.24) is 19.1 Å². The lowest BCUT2D eigenvalue weighted by atomic mass is 10.2. The van der Waals surface area contributed by atoms with Crippen molar-refractivity contribution in [3.05, 3.63) is 58.7 Å². The van der Waals surface area contributed by atoms with Crippen LogP contribution >= 0.6 is 0 Å². The van der Waals surface area contributed by atoms with Crippen LogP contribution in [0.1, 0.15) is 37.6 Å². The number of aromatic nitrogens is 4. The van der Waals surface area contributed by atoms with Gasteiger partial charge in [0.15, 0.2) is 0 Å². The summed E-state index contributed by atoms with van der Waals surface area (Å²) in [4.78, 5) is 21.3. The number of hydrogen-bond acceptors (Lipinski definition) is 3. The Kier molecular flexibility index (Phi) is 4.28. The van der Waals surface area contributed by atoms with Gasteiger partial charge in [-0.3, -0.25) is 9.36 Å². The third-order valence-corrected chi connectivity index (χ3v) is 4.04. The smallest absolute Gasteiger partial charge is 0.261 e. The molecule has 1 aromatic carbocycles. The molecule has 5 nitrogen and oxygen atoms in total. The summed E-state index contributed by atoms with van der Waals surface area (Å²) >= 11 is 0. The number of fused-ring (bicyclic) bond motifs is 1. The van der Waals surface area contributed by atoms with Crippen LogP contribution in [0, 0.1) is 6.92 Å². The monoisotopic (exact) mass is 310 g/mol. The third kappa shape index (κ3) is 3.18. The Balaban J connectivity index is 1.75. The van der Waals surface area contributed by atoms with E-state index < -0.39 is 0 Å². The SMILES string of the molecule is Cc1ccc2c(=O)n(CCCn3ccnc3C(C)C)cnc2c1. The fraction of sp³-hybridized carbons (Fsp3) is 0.389. The minimum absolute atomic E-state index is 0.0321. The van der Waals surface area contributed by atoms with Gasteiger partial charge in [0.25, 0.3) is 5.56 Å². The first-order valence-electron chi connectivity index (χ1n) is 8.03. The van der Waals surface area contributed by atoms with E-state index in [1.54, 1.807) is 10.9 Å². The zero-order chi connectivity index (χ0) is 16.4. The first kappa shape index (κ1) is 15.5. The van der Waals surface area contributed by atoms with Gasteiger partial charge in [0.2, 0.25) is 0 Å². The van der Waals surface area contributed by atoms with Crippen LogP contribution in [0.5, 0.6) is 0 Å². The van der Waals surface area contributed by atoms with Crippen LogP contribution in [0.3, 0.4) is 0 Å². The van der Waals surface area contributed by atoms with Crippen LogP contribution in [0.4, 0.5) is 0 Å². The molecule has 0 unspecified atom stereocenters. The fourth-order valence-corrected chi connectivity index (χ4v) is 2.85. The van der Waals surface area contributed by atoms with Gasteiger partial charge in [0.05, 0.1) is 17.2 Å². The Labute approximate surface area is 135 Å². The summed E-state index contributed by atoms with van der Waals surface area (Å²) in [6.07, 6.45) is 6.36. The zero-order valence-electron chi connectivity index (χ0n) is 13.9. The second-order valence-corrected chi connectivity index (χ2v) is 6.25. The number of benzene rings is 1. The highest BCUT2D eigenvalue weighted by Gasteiger charge is 2.08. The van der Waals surface area contributed by atoms with Gasteiger partial charge < -0.3 is 4.57 Å². The first-order valence-corrected chi connectivity index (χ1v) is 8.03. The van der Waals surface area contributed by atoms with Crippen molar-refractivity contribution in [3.63, 3.8) is 0 Å². The third-order valence-electron chi connectivity index (χ3n) is 4.04. The van der Waals surface area contributed by atoms with Crippen LogP contribution in [-0.2, 0) is 13.1 Å². The van der Waals surface area contributed by atoms with Gasteiger partial charge >= 0.3 is 0 Å². The van der Waals surface area contributed by atoms with Gasteiger partial charge in [-0.2, -0.15) is 0 Å². The van der Waals surface area contributed by atoms with Crippen LogP contribution in [0.15, 0.2) is 41.7 Å². The molecule has 0 aliphatic heterocycles. The van der Waals surface area contributed by atoms with E-state index in [1.807, 2.05) is 37.5 Å². The van der Waals surface area contributed by atoms with Crippen LogP contribution in [-0.4, -0.2) is 19.1 Å². The number of hydrogen-bond donors (Lipinski definition) is 0. The van der Waals surface area contributed by atoms with E-state index in [4.69, 9.17) is 0 Å². The van der Waals surface area contributed by atoms with Gasteiger partial charge in [0, 0.05) is 31.4 Å². The molecule has 0 aliphatic rings. The summed E-state index contributed by atoms with van der Waals surface area (Å²) in [5.41, 5.74) is 1.91. The molecule has 0 saturated carbocycles. The van der Waals surface area contributed by atoms with Crippen LogP contribution in [0.2, 0.25) is 0 Å². The Morgan fingerprint density at radius 1 is 1.13 bits per heavy atom. The van der Waals surface area contributed by atoms with Gasteiger partial charge in [-0.05, 0) is 31.0 Å². The quantitative estimate of drug-likeness (QED) is 0.727. The zero-order valence-corrected chi connectivity index (χ0v) is 13.9. The van der Waals surface area contributed by atoms with Crippen molar-refractivity contribution >= 4 is 10.9 Å². The van der Waals surface area contributed by atoms with E-state index >= 15 is 0 Å². The maximum absolute atomic E-state index is 12.5. The Hall–Kier alpha value is -2.43. The van der Waals surface area contributed by atoms with Gasteiger partial charge in [-0.25, -0.2) is 9.97 Å². The van der Waals surface area contributed by atoms with Crippen molar-refractivity contribution in [3.8, 4) is 0 Å². The van der Waals surface area contributed by atoms with Gasteiger partial charge in [0.1, 0.15) is 5.82 Å². The molecule has 0 atom stereocenters. The summed E-state index contributed by atoms with van der Waals surface area (Å²) in [6.45, 7) is 7.79. The molecule has 2 heterocycles. The molecule has 0 N–H and O–H groups in total. The lowest BCUT2D eigenvalue weighted by Crippen LogP contribution is -2.21. The average Bonchev–Trinajstić information content (AvgIpc) is 2.98. The van der Waals surface area contributed by atoms with Crippen molar-refractivity contribution < 1.29 is 0 Å². The largest absolute Gasteiger partial charge is 0.335 e. The summed E-state index contributed by atoms with van der Waals surface area (Å²) < 4.78 is 3.86. The normalized spacial score (nSPS) is 11.5. The molecule has 120 valence electrons. The number of nitrogens with zero attached hydrogens (tertiary/aromatic N) is 4. The molecule has 0 saturated heterocycles. The summed E-state index contributed by atoms with van der Waals surface area (Å²) in [5, 5.41) is 0.684. The molecule has 0 amide bonds. The predicted molar refractivity (Wildman–Crippen MR) is 91.7 cm³/mol. The van der Waals surface area contributed by atoms with E-state index in [2.05, 4.69) is 28.4 Å². The molecule has 2 aromatic heterocycles. The molecule has 3 aromatic rings. The predicted octanol–water partition coefficient (Wildman–Crippen LogP) is 3.12. The second kappa shape index (κ2) is 6.36. The van der Waals surface area contributed by atoms with Crippen LogP contribution in [0.25, 0.3) is 10.9 Å². The minimum Gasteiger partial charge on any atom is -0.335 e. The number of aryl methyl sites for hydroxylation is 3. The molecule has 0 radical (unpaired) electrons. The Morgan fingerprint density at radius 2 is 1.91 bits per heavy atom. The highest BCUT2D eigenvalue weighted by atomic mass is 16.1. The van der Waals surface area contributed by atoms with E-state index in [0.717, 1.165) is 29.9 Å². The molecule has 0 aliphatic carbocycles. The maximum Gasteiger partial charge on any atom is 0.261 e. The lowest BCUT2D eigenvalue weighted by molar-refractivity contribution is 0.529. The Bertz CT molecular complexity index is 876. The summed E-state index contributed by atoms with van der Waals surface area (Å²) in [6, 6.07) is 5.76. The average molecular weight is 310 g/mol. The molecule has 5 heteroatoms. The lowest BCUT2D eigenvalue weighted by Gasteiger charge is -2.11. The molecule has 0 fully saturated rings. The van der Waals surface area contributed by atoms with E-state index in [0.29, 0.717) is 17.8 Å². The van der Waals surface area contributed by atoms with Crippen molar-refractivity contribution in [2.45, 2.75) is 46.2 Å². The van der Waals surface area contributed by atoms with Crippen molar-refractivity contribution in [1.29, 1.82) is 0 Å². The van der Waals surface area contributed by atoms with Crippen LogP contribution < -0.4 is 5.56 Å². The summed E-state index contributed by atoms with van der Waals surface area (Å²) in [7, 11) is 0. The van der Waals surface area contributed by atoms with E-state index in [9.17, 15) is 4.79 Å². The number of rotatable bonds is 5. The molecule has 0 spiro atoms. The van der Waals surface area contributed by atoms with E-state index in [-0.39, 0.29) is 5.56 Å².